The van der Waals surface area contributed by atoms with E-state index in [1.807, 2.05) is 13.8 Å². The van der Waals surface area contributed by atoms with Crippen molar-refractivity contribution in [1.29, 1.82) is 0 Å². The minimum absolute atomic E-state index is 0.0581. The molecule has 1 aromatic carbocycles. The molecule has 8 nitrogen and oxygen atoms in total. The minimum Gasteiger partial charge on any atom is -0.456 e. The lowest BCUT2D eigenvalue weighted by Gasteiger charge is -2.17. The summed E-state index contributed by atoms with van der Waals surface area (Å²) >= 11 is 0. The molecule has 2 amide bonds. The molecule has 0 unspecified atom stereocenters. The molecule has 0 aliphatic carbocycles. The summed E-state index contributed by atoms with van der Waals surface area (Å²) in [6.07, 6.45) is 0.640. The lowest BCUT2D eigenvalue weighted by Crippen LogP contribution is -2.46. The Balaban J connectivity index is 1.92. The van der Waals surface area contributed by atoms with Crippen LogP contribution in [0.1, 0.15) is 28.8 Å². The number of benzene rings is 1. The minimum atomic E-state index is -3.80. The smallest absolute Gasteiger partial charge is 0.305 e. The van der Waals surface area contributed by atoms with E-state index in [4.69, 9.17) is 4.42 Å². The summed E-state index contributed by atoms with van der Waals surface area (Å²) in [4.78, 5) is 23.9. The first-order chi connectivity index (χ1) is 12.2. The van der Waals surface area contributed by atoms with Crippen LogP contribution in [0.25, 0.3) is 0 Å². The number of nitrogens with one attached hydrogen (secondary N) is 2. The van der Waals surface area contributed by atoms with E-state index in [-0.39, 0.29) is 10.7 Å². The van der Waals surface area contributed by atoms with Crippen molar-refractivity contribution >= 4 is 21.8 Å². The molecule has 0 atom stereocenters. The average molecular weight is 379 g/mol. The second-order valence-electron chi connectivity index (χ2n) is 5.70. The molecule has 0 saturated heterocycles. The number of hydrogen-bond acceptors (Lipinski definition) is 5. The second kappa shape index (κ2) is 8.15. The van der Waals surface area contributed by atoms with E-state index < -0.39 is 28.4 Å². The zero-order valence-electron chi connectivity index (χ0n) is 14.8. The summed E-state index contributed by atoms with van der Waals surface area (Å²) in [5.41, 5.74) is 5.28. The molecule has 0 fully saturated rings. The van der Waals surface area contributed by atoms with Gasteiger partial charge in [-0.3, -0.25) is 20.4 Å². The molecule has 0 bridgehead atoms. The molecule has 1 heterocycles. The number of amides is 2. The van der Waals surface area contributed by atoms with E-state index >= 15 is 0 Å². The third-order valence-electron chi connectivity index (χ3n) is 3.64. The number of carbonyl (C=O) groups excluding carboxylic acids is 2. The molecule has 0 saturated carbocycles. The Morgan fingerprint density at radius 2 is 1.73 bits per heavy atom. The number of hydrogen-bond donors (Lipinski definition) is 2. The van der Waals surface area contributed by atoms with Gasteiger partial charge in [-0.2, -0.15) is 4.31 Å². The molecule has 140 valence electrons. The molecule has 0 spiro atoms. The van der Waals surface area contributed by atoms with E-state index in [2.05, 4.69) is 10.9 Å². The summed E-state index contributed by atoms with van der Waals surface area (Å²) in [6.45, 7) is 3.28. The number of likely N-dealkylation sites (N-methyl/N-ethyl adjacent to an activating group) is 1. The van der Waals surface area contributed by atoms with Gasteiger partial charge < -0.3 is 4.42 Å². The van der Waals surface area contributed by atoms with Gasteiger partial charge in [0.15, 0.2) is 5.76 Å². The van der Waals surface area contributed by atoms with Crippen molar-refractivity contribution in [2.45, 2.75) is 25.2 Å². The van der Waals surface area contributed by atoms with Crippen molar-refractivity contribution in [2.24, 2.45) is 0 Å². The number of sulfonamides is 1. The maximum atomic E-state index is 12.4. The Bertz CT molecular complexity index is 887. The van der Waals surface area contributed by atoms with Gasteiger partial charge in [0.2, 0.25) is 10.0 Å². The van der Waals surface area contributed by atoms with Crippen molar-refractivity contribution in [3.8, 4) is 0 Å². The average Bonchev–Trinajstić information content (AvgIpc) is 3.09. The molecule has 0 radical (unpaired) electrons. The quantitative estimate of drug-likeness (QED) is 0.734. The van der Waals surface area contributed by atoms with Gasteiger partial charge in [-0.25, -0.2) is 8.42 Å². The zero-order chi connectivity index (χ0) is 19.3. The lowest BCUT2D eigenvalue weighted by molar-refractivity contribution is -0.121. The number of carbonyl (C=O) groups is 2. The molecular formula is C17H21N3O5S. The van der Waals surface area contributed by atoms with E-state index in [1.165, 1.54) is 25.2 Å². The van der Waals surface area contributed by atoms with Crippen molar-refractivity contribution in [2.75, 3.05) is 13.6 Å². The lowest BCUT2D eigenvalue weighted by atomic mass is 10.2. The predicted octanol–water partition coefficient (Wildman–Crippen LogP) is 1.23. The van der Waals surface area contributed by atoms with Gasteiger partial charge in [-0.15, -0.1) is 0 Å². The Hall–Kier alpha value is -2.65. The second-order valence-corrected chi connectivity index (χ2v) is 7.74. The number of hydrazine groups is 1. The summed E-state index contributed by atoms with van der Waals surface area (Å²) in [7, 11) is -2.51. The van der Waals surface area contributed by atoms with Gasteiger partial charge in [0.05, 0.1) is 11.4 Å². The first-order valence-electron chi connectivity index (χ1n) is 7.95. The molecule has 26 heavy (non-hydrogen) atoms. The molecule has 2 aromatic rings. The van der Waals surface area contributed by atoms with Crippen LogP contribution in [0.4, 0.5) is 0 Å². The van der Waals surface area contributed by atoms with Crippen molar-refractivity contribution in [1.82, 2.24) is 15.2 Å². The molecule has 0 aliphatic heterocycles. The van der Waals surface area contributed by atoms with E-state index in [0.29, 0.717) is 12.2 Å². The summed E-state index contributed by atoms with van der Waals surface area (Å²) < 4.78 is 31.0. The highest BCUT2D eigenvalue weighted by atomic mass is 32.2. The van der Waals surface area contributed by atoms with Gasteiger partial charge >= 0.3 is 5.91 Å². The highest BCUT2D eigenvalue weighted by molar-refractivity contribution is 7.89. The van der Waals surface area contributed by atoms with Crippen LogP contribution < -0.4 is 10.9 Å². The Kier molecular flexibility index (Phi) is 6.17. The SMILES string of the molecule is CCc1ccc(C(=O)NNC(=O)CN(C)S(=O)(=O)c2ccc(C)cc2)o1. The molecule has 1 aromatic heterocycles. The van der Waals surface area contributed by atoms with Crippen molar-refractivity contribution in [3.63, 3.8) is 0 Å². The van der Waals surface area contributed by atoms with E-state index in [1.54, 1.807) is 18.2 Å². The van der Waals surface area contributed by atoms with Crippen LogP contribution in [0.5, 0.6) is 0 Å². The van der Waals surface area contributed by atoms with Crippen LogP contribution in [0.3, 0.4) is 0 Å². The predicted molar refractivity (Wildman–Crippen MR) is 94.7 cm³/mol. The van der Waals surface area contributed by atoms with Crippen LogP contribution in [0.2, 0.25) is 0 Å². The van der Waals surface area contributed by atoms with Crippen LogP contribution in [0, 0.1) is 6.92 Å². The number of furan rings is 1. The largest absolute Gasteiger partial charge is 0.456 e. The fourth-order valence-electron chi connectivity index (χ4n) is 2.09. The van der Waals surface area contributed by atoms with Crippen molar-refractivity contribution in [3.05, 3.63) is 53.5 Å². The molecule has 2 N–H and O–H groups in total. The molecule has 0 aliphatic rings. The molecular weight excluding hydrogens is 358 g/mol. The van der Waals surface area contributed by atoms with E-state index in [0.717, 1.165) is 9.87 Å². The fraction of sp³-hybridized carbons (Fsp3) is 0.294. The maximum Gasteiger partial charge on any atom is 0.305 e. The molecule has 9 heteroatoms. The third kappa shape index (κ3) is 4.70. The van der Waals surface area contributed by atoms with Gasteiger partial charge in [-0.05, 0) is 31.2 Å². The highest BCUT2D eigenvalue weighted by Gasteiger charge is 2.23. The monoisotopic (exact) mass is 379 g/mol. The standard InChI is InChI=1S/C17H21N3O5S/c1-4-13-7-10-15(25-13)17(22)19-18-16(21)11-20(3)26(23,24)14-8-5-12(2)6-9-14/h5-10H,4,11H2,1-3H3,(H,18,21)(H,19,22). The Morgan fingerprint density at radius 1 is 1.08 bits per heavy atom. The Morgan fingerprint density at radius 3 is 2.31 bits per heavy atom. The van der Waals surface area contributed by atoms with E-state index in [9.17, 15) is 18.0 Å². The van der Waals surface area contributed by atoms with Gasteiger partial charge in [-0.1, -0.05) is 24.6 Å². The van der Waals surface area contributed by atoms with Gasteiger partial charge in [0, 0.05) is 13.5 Å². The van der Waals surface area contributed by atoms with Crippen molar-refractivity contribution < 1.29 is 22.4 Å². The van der Waals surface area contributed by atoms with Gasteiger partial charge in [0.1, 0.15) is 5.76 Å². The van der Waals surface area contributed by atoms with Crippen LogP contribution >= 0.6 is 0 Å². The summed E-state index contributed by atoms with van der Waals surface area (Å²) in [5.74, 6) is -0.603. The number of aryl methyl sites for hydroxylation is 2. The Labute approximate surface area is 152 Å². The first kappa shape index (κ1) is 19.7. The summed E-state index contributed by atoms with van der Waals surface area (Å²) in [5, 5.41) is 0. The zero-order valence-corrected chi connectivity index (χ0v) is 15.6. The third-order valence-corrected chi connectivity index (χ3v) is 5.46. The first-order valence-corrected chi connectivity index (χ1v) is 9.39. The van der Waals surface area contributed by atoms with Crippen LogP contribution in [-0.2, 0) is 21.2 Å². The van der Waals surface area contributed by atoms with Crippen LogP contribution in [-0.4, -0.2) is 38.1 Å². The van der Waals surface area contributed by atoms with Gasteiger partial charge in [0.25, 0.3) is 5.91 Å². The maximum absolute atomic E-state index is 12.4. The topological polar surface area (TPSA) is 109 Å². The number of nitrogens with zero attached hydrogens (tertiary/aromatic N) is 1. The number of rotatable bonds is 6. The normalized spacial score (nSPS) is 11.4. The van der Waals surface area contributed by atoms with Crippen LogP contribution in [0.15, 0.2) is 45.7 Å². The molecule has 2 rings (SSSR count). The fourth-order valence-corrected chi connectivity index (χ4v) is 3.22. The highest BCUT2D eigenvalue weighted by Crippen LogP contribution is 2.14. The summed E-state index contributed by atoms with van der Waals surface area (Å²) in [6, 6.07) is 9.46.